The van der Waals surface area contributed by atoms with Gasteiger partial charge < -0.3 is 0 Å². The van der Waals surface area contributed by atoms with Gasteiger partial charge in [-0.25, -0.2) is 4.98 Å². The monoisotopic (exact) mass is 204 g/mol. The fourth-order valence-corrected chi connectivity index (χ4v) is 1.13. The van der Waals surface area contributed by atoms with Crippen LogP contribution in [0, 0.1) is 0 Å². The molecule has 0 aliphatic rings. The third-order valence-electron chi connectivity index (χ3n) is 1.85. The number of aromatic nitrogens is 3. The van der Waals surface area contributed by atoms with Crippen molar-refractivity contribution < 1.29 is 4.84 Å². The smallest absolute Gasteiger partial charge is 0.137 e. The van der Waals surface area contributed by atoms with Crippen LogP contribution in [0.4, 0.5) is 5.69 Å². The Morgan fingerprint density at radius 1 is 1.27 bits per heavy atom. The molecule has 15 heavy (non-hydrogen) atoms. The lowest BCUT2D eigenvalue weighted by Gasteiger charge is -2.06. The highest BCUT2D eigenvalue weighted by atomic mass is 16.6. The summed E-state index contributed by atoms with van der Waals surface area (Å²) in [5, 5.41) is 3.96. The molecular weight excluding hydrogens is 192 g/mol. The SMILES string of the molecule is c1ccc(NOCCn2cncn2)cc1. The molecule has 0 atom stereocenters. The molecule has 1 heterocycles. The standard InChI is InChI=1S/C10H12N4O/c1-2-4-10(5-3-1)13-15-7-6-14-9-11-8-12-14/h1-5,8-9,13H,6-7H2. The van der Waals surface area contributed by atoms with Gasteiger partial charge in [0, 0.05) is 0 Å². The van der Waals surface area contributed by atoms with E-state index in [0.717, 1.165) is 5.69 Å². The van der Waals surface area contributed by atoms with Crippen molar-refractivity contribution in [2.75, 3.05) is 12.1 Å². The van der Waals surface area contributed by atoms with Crippen LogP contribution in [0.1, 0.15) is 0 Å². The van der Waals surface area contributed by atoms with Crippen LogP contribution in [0.15, 0.2) is 43.0 Å². The number of rotatable bonds is 5. The summed E-state index contributed by atoms with van der Waals surface area (Å²) in [7, 11) is 0. The molecule has 2 rings (SSSR count). The molecule has 0 aliphatic heterocycles. The summed E-state index contributed by atoms with van der Waals surface area (Å²) in [4.78, 5) is 9.09. The molecule has 0 bridgehead atoms. The predicted molar refractivity (Wildman–Crippen MR) is 56.0 cm³/mol. The average Bonchev–Trinajstić information content (AvgIpc) is 2.79. The first kappa shape index (κ1) is 9.67. The molecular formula is C10H12N4O. The van der Waals surface area contributed by atoms with Crippen LogP contribution in [-0.2, 0) is 11.4 Å². The summed E-state index contributed by atoms with van der Waals surface area (Å²) in [5.74, 6) is 0. The highest BCUT2D eigenvalue weighted by Gasteiger charge is 1.92. The fraction of sp³-hybridized carbons (Fsp3) is 0.200. The number of nitrogens with one attached hydrogen (secondary N) is 1. The first-order chi connectivity index (χ1) is 7.45. The Morgan fingerprint density at radius 2 is 2.13 bits per heavy atom. The summed E-state index contributed by atoms with van der Waals surface area (Å²) in [6, 6.07) is 9.73. The van der Waals surface area contributed by atoms with Crippen LogP contribution < -0.4 is 5.48 Å². The Hall–Kier alpha value is -1.88. The van der Waals surface area contributed by atoms with Crippen molar-refractivity contribution in [3.05, 3.63) is 43.0 Å². The van der Waals surface area contributed by atoms with Crippen LogP contribution in [0.5, 0.6) is 0 Å². The van der Waals surface area contributed by atoms with Gasteiger partial charge in [-0.1, -0.05) is 18.2 Å². The van der Waals surface area contributed by atoms with Crippen molar-refractivity contribution in [3.63, 3.8) is 0 Å². The molecule has 2 aromatic rings. The van der Waals surface area contributed by atoms with E-state index in [1.807, 2.05) is 30.3 Å². The zero-order valence-corrected chi connectivity index (χ0v) is 8.21. The van der Waals surface area contributed by atoms with Gasteiger partial charge in [0.25, 0.3) is 0 Å². The van der Waals surface area contributed by atoms with Crippen molar-refractivity contribution in [1.82, 2.24) is 14.8 Å². The highest BCUT2D eigenvalue weighted by molar-refractivity contribution is 5.39. The van der Waals surface area contributed by atoms with Crippen LogP contribution in [-0.4, -0.2) is 21.4 Å². The van der Waals surface area contributed by atoms with E-state index in [2.05, 4.69) is 15.6 Å². The molecule has 5 heteroatoms. The molecule has 0 saturated carbocycles. The van der Waals surface area contributed by atoms with Crippen molar-refractivity contribution in [1.29, 1.82) is 0 Å². The van der Waals surface area contributed by atoms with E-state index >= 15 is 0 Å². The molecule has 1 aromatic carbocycles. The van der Waals surface area contributed by atoms with Gasteiger partial charge in [0.1, 0.15) is 12.7 Å². The van der Waals surface area contributed by atoms with Crippen molar-refractivity contribution in [2.45, 2.75) is 6.54 Å². The minimum absolute atomic E-state index is 0.540. The average molecular weight is 204 g/mol. The minimum atomic E-state index is 0.540. The molecule has 0 fully saturated rings. The van der Waals surface area contributed by atoms with Gasteiger partial charge in [0.15, 0.2) is 0 Å². The predicted octanol–water partition coefficient (Wildman–Crippen LogP) is 1.32. The van der Waals surface area contributed by atoms with E-state index in [-0.39, 0.29) is 0 Å². The molecule has 1 N–H and O–H groups in total. The van der Waals surface area contributed by atoms with Crippen molar-refractivity contribution in [2.24, 2.45) is 0 Å². The molecule has 0 saturated heterocycles. The van der Waals surface area contributed by atoms with Crippen molar-refractivity contribution in [3.8, 4) is 0 Å². The van der Waals surface area contributed by atoms with Gasteiger partial charge in [0.05, 0.1) is 18.8 Å². The van der Waals surface area contributed by atoms with Gasteiger partial charge in [-0.05, 0) is 12.1 Å². The number of hydrogen-bond donors (Lipinski definition) is 1. The largest absolute Gasteiger partial charge is 0.274 e. The van der Waals surface area contributed by atoms with E-state index in [1.165, 1.54) is 6.33 Å². The maximum absolute atomic E-state index is 5.25. The maximum atomic E-state index is 5.25. The zero-order valence-electron chi connectivity index (χ0n) is 8.21. The third-order valence-corrected chi connectivity index (χ3v) is 1.85. The Labute approximate surface area is 87.7 Å². The Balaban J connectivity index is 1.68. The lowest BCUT2D eigenvalue weighted by Crippen LogP contribution is -2.10. The summed E-state index contributed by atoms with van der Waals surface area (Å²) >= 11 is 0. The maximum Gasteiger partial charge on any atom is 0.137 e. The van der Waals surface area contributed by atoms with Gasteiger partial charge in [0.2, 0.25) is 0 Å². The third kappa shape index (κ3) is 3.07. The molecule has 0 radical (unpaired) electrons. The van der Waals surface area contributed by atoms with E-state index in [1.54, 1.807) is 11.0 Å². The van der Waals surface area contributed by atoms with E-state index in [0.29, 0.717) is 13.2 Å². The second kappa shape index (κ2) is 5.11. The molecule has 0 unspecified atom stereocenters. The first-order valence-electron chi connectivity index (χ1n) is 4.70. The van der Waals surface area contributed by atoms with E-state index < -0.39 is 0 Å². The molecule has 0 amide bonds. The van der Waals surface area contributed by atoms with Crippen LogP contribution >= 0.6 is 0 Å². The summed E-state index contributed by atoms with van der Waals surface area (Å²) < 4.78 is 1.71. The van der Waals surface area contributed by atoms with Crippen molar-refractivity contribution >= 4 is 5.69 Å². The van der Waals surface area contributed by atoms with Gasteiger partial charge in [-0.15, -0.1) is 0 Å². The summed E-state index contributed by atoms with van der Waals surface area (Å²) in [6.07, 6.45) is 3.16. The molecule has 78 valence electrons. The fourth-order valence-electron chi connectivity index (χ4n) is 1.13. The first-order valence-corrected chi connectivity index (χ1v) is 4.70. The van der Waals surface area contributed by atoms with Gasteiger partial charge in [-0.2, -0.15) is 5.10 Å². The Kier molecular flexibility index (Phi) is 3.30. The Bertz CT molecular complexity index is 374. The minimum Gasteiger partial charge on any atom is -0.274 e. The highest BCUT2D eigenvalue weighted by Crippen LogP contribution is 2.04. The quantitative estimate of drug-likeness (QED) is 0.589. The molecule has 1 aromatic heterocycles. The van der Waals surface area contributed by atoms with Crippen LogP contribution in [0.2, 0.25) is 0 Å². The van der Waals surface area contributed by atoms with Gasteiger partial charge in [-0.3, -0.25) is 15.0 Å². The summed E-state index contributed by atoms with van der Waals surface area (Å²) in [6.45, 7) is 1.22. The second-order valence-corrected chi connectivity index (χ2v) is 2.98. The molecule has 0 spiro atoms. The number of benzene rings is 1. The topological polar surface area (TPSA) is 52.0 Å². The number of anilines is 1. The van der Waals surface area contributed by atoms with E-state index in [9.17, 15) is 0 Å². The number of hydrogen-bond acceptors (Lipinski definition) is 4. The summed E-state index contributed by atoms with van der Waals surface area (Å²) in [5.41, 5.74) is 3.79. The number of nitrogens with zero attached hydrogens (tertiary/aromatic N) is 3. The molecule has 0 aliphatic carbocycles. The second-order valence-electron chi connectivity index (χ2n) is 2.98. The van der Waals surface area contributed by atoms with Crippen LogP contribution in [0.25, 0.3) is 0 Å². The normalized spacial score (nSPS) is 10.1. The lowest BCUT2D eigenvalue weighted by molar-refractivity contribution is 0.179. The number of para-hydroxylation sites is 1. The lowest BCUT2D eigenvalue weighted by atomic mass is 10.3. The Morgan fingerprint density at radius 3 is 2.87 bits per heavy atom. The van der Waals surface area contributed by atoms with Gasteiger partial charge >= 0.3 is 0 Å². The van der Waals surface area contributed by atoms with E-state index in [4.69, 9.17) is 4.84 Å². The van der Waals surface area contributed by atoms with Crippen LogP contribution in [0.3, 0.4) is 0 Å². The molecule has 5 nitrogen and oxygen atoms in total. The zero-order chi connectivity index (χ0) is 10.3.